The Labute approximate surface area is 195 Å². The van der Waals surface area contributed by atoms with Crippen molar-refractivity contribution >= 4 is 17.3 Å². The first-order valence-corrected chi connectivity index (χ1v) is 11.7. The van der Waals surface area contributed by atoms with E-state index in [0.717, 1.165) is 25.0 Å². The van der Waals surface area contributed by atoms with Crippen molar-refractivity contribution in [1.29, 1.82) is 0 Å². The third kappa shape index (κ3) is 4.45. The Kier molecular flexibility index (Phi) is 6.14. The van der Waals surface area contributed by atoms with E-state index in [4.69, 9.17) is 4.74 Å². The number of carbonyl (C=O) groups excluding carboxylic acids is 1. The standard InChI is InChI=1S/C25H27F4N3O2/c26-20-5-1-2-6-22(20)31-9-10-32-21-8-7-17(25(27,28)29)12-16(21)13-19(23(32)15-31)24(33)30-14-18-4-3-11-34-18/h1-2,5-8,12,18-19,23H,3-4,9-11,13-15H2,(H,30,33). The number of hydrogen-bond acceptors (Lipinski definition) is 4. The molecular formula is C25H27F4N3O2. The van der Waals surface area contributed by atoms with Crippen molar-refractivity contribution in [2.45, 2.75) is 37.6 Å². The Morgan fingerprint density at radius 3 is 2.68 bits per heavy atom. The fourth-order valence-corrected chi connectivity index (χ4v) is 5.38. The second kappa shape index (κ2) is 9.09. The maximum absolute atomic E-state index is 14.5. The number of ether oxygens (including phenoxy) is 1. The number of hydrogen-bond donors (Lipinski definition) is 1. The van der Waals surface area contributed by atoms with Gasteiger partial charge >= 0.3 is 6.18 Å². The molecule has 1 N–H and O–H groups in total. The van der Waals surface area contributed by atoms with E-state index in [0.29, 0.717) is 49.7 Å². The summed E-state index contributed by atoms with van der Waals surface area (Å²) in [6.45, 7) is 2.44. The zero-order chi connectivity index (χ0) is 23.9. The number of nitrogens with zero attached hydrogens (tertiary/aromatic N) is 2. The smallest absolute Gasteiger partial charge is 0.376 e. The van der Waals surface area contributed by atoms with E-state index in [1.807, 2.05) is 9.80 Å². The number of alkyl halides is 3. The van der Waals surface area contributed by atoms with Gasteiger partial charge in [0, 0.05) is 38.5 Å². The van der Waals surface area contributed by atoms with E-state index in [-0.39, 0.29) is 30.3 Å². The first-order chi connectivity index (χ1) is 16.3. The van der Waals surface area contributed by atoms with Crippen molar-refractivity contribution in [2.75, 3.05) is 42.6 Å². The molecule has 3 aliphatic heterocycles. The van der Waals surface area contributed by atoms with Crippen LogP contribution in [0.2, 0.25) is 0 Å². The molecule has 34 heavy (non-hydrogen) atoms. The summed E-state index contributed by atoms with van der Waals surface area (Å²) in [6, 6.07) is 9.99. The number of halogens is 4. The summed E-state index contributed by atoms with van der Waals surface area (Å²) < 4.78 is 60.2. The molecule has 1 amide bonds. The monoisotopic (exact) mass is 477 g/mol. The quantitative estimate of drug-likeness (QED) is 0.677. The maximum atomic E-state index is 14.5. The number of benzene rings is 2. The van der Waals surface area contributed by atoms with E-state index in [1.54, 1.807) is 18.2 Å². The number of para-hydroxylation sites is 1. The zero-order valence-electron chi connectivity index (χ0n) is 18.7. The topological polar surface area (TPSA) is 44.8 Å². The van der Waals surface area contributed by atoms with Gasteiger partial charge in [-0.3, -0.25) is 4.79 Å². The van der Waals surface area contributed by atoms with Crippen LogP contribution in [0.4, 0.5) is 28.9 Å². The highest BCUT2D eigenvalue weighted by Gasteiger charge is 2.43. The minimum atomic E-state index is -4.45. The number of fused-ring (bicyclic) bond motifs is 3. The molecule has 3 heterocycles. The van der Waals surface area contributed by atoms with E-state index in [2.05, 4.69) is 5.32 Å². The minimum Gasteiger partial charge on any atom is -0.376 e. The first kappa shape index (κ1) is 23.0. The highest BCUT2D eigenvalue weighted by Crippen LogP contribution is 2.40. The molecule has 3 atom stereocenters. The number of nitrogens with one attached hydrogen (secondary N) is 1. The lowest BCUT2D eigenvalue weighted by Crippen LogP contribution is -2.61. The number of anilines is 2. The molecule has 2 fully saturated rings. The summed E-state index contributed by atoms with van der Waals surface area (Å²) in [5.74, 6) is -1.10. The lowest BCUT2D eigenvalue weighted by Gasteiger charge is -2.49. The zero-order valence-corrected chi connectivity index (χ0v) is 18.7. The van der Waals surface area contributed by atoms with Crippen LogP contribution >= 0.6 is 0 Å². The largest absolute Gasteiger partial charge is 0.416 e. The van der Waals surface area contributed by atoms with Crippen LogP contribution in [0.15, 0.2) is 42.5 Å². The number of amides is 1. The van der Waals surface area contributed by atoms with Gasteiger partial charge in [0.05, 0.1) is 29.3 Å². The van der Waals surface area contributed by atoms with Crippen LogP contribution in [-0.4, -0.2) is 50.8 Å². The number of rotatable bonds is 4. The third-order valence-electron chi connectivity index (χ3n) is 7.10. The molecule has 2 aromatic carbocycles. The molecule has 0 aromatic heterocycles. The fourth-order valence-electron chi connectivity index (χ4n) is 5.38. The van der Waals surface area contributed by atoms with Gasteiger partial charge in [-0.25, -0.2) is 4.39 Å². The molecule has 0 bridgehead atoms. The predicted octanol–water partition coefficient (Wildman–Crippen LogP) is 4.01. The molecule has 2 saturated heterocycles. The summed E-state index contributed by atoms with van der Waals surface area (Å²) in [4.78, 5) is 17.2. The Hall–Kier alpha value is -2.81. The molecule has 5 nitrogen and oxygen atoms in total. The van der Waals surface area contributed by atoms with Crippen molar-refractivity contribution < 1.29 is 27.1 Å². The molecule has 0 saturated carbocycles. The molecule has 5 rings (SSSR count). The van der Waals surface area contributed by atoms with Crippen LogP contribution in [-0.2, 0) is 22.1 Å². The van der Waals surface area contributed by atoms with Gasteiger partial charge in [-0.1, -0.05) is 12.1 Å². The molecule has 9 heteroatoms. The van der Waals surface area contributed by atoms with Crippen molar-refractivity contribution in [3.05, 3.63) is 59.4 Å². The van der Waals surface area contributed by atoms with Crippen molar-refractivity contribution in [2.24, 2.45) is 5.92 Å². The first-order valence-electron chi connectivity index (χ1n) is 11.7. The van der Waals surface area contributed by atoms with Gasteiger partial charge in [0.15, 0.2) is 0 Å². The van der Waals surface area contributed by atoms with Gasteiger partial charge in [0.1, 0.15) is 5.82 Å². The van der Waals surface area contributed by atoms with Crippen molar-refractivity contribution in [3.63, 3.8) is 0 Å². The minimum absolute atomic E-state index is 0.0333. The van der Waals surface area contributed by atoms with Gasteiger partial charge < -0.3 is 19.9 Å². The Morgan fingerprint density at radius 1 is 1.12 bits per heavy atom. The van der Waals surface area contributed by atoms with Crippen molar-refractivity contribution in [3.8, 4) is 0 Å². The summed E-state index contributed by atoms with van der Waals surface area (Å²) >= 11 is 0. The maximum Gasteiger partial charge on any atom is 0.416 e. The molecule has 0 radical (unpaired) electrons. The van der Waals surface area contributed by atoms with E-state index >= 15 is 0 Å². The predicted molar refractivity (Wildman–Crippen MR) is 120 cm³/mol. The highest BCUT2D eigenvalue weighted by atomic mass is 19.4. The molecule has 2 aromatic rings. The van der Waals surface area contributed by atoms with Crippen LogP contribution in [0.25, 0.3) is 0 Å². The molecule has 0 aliphatic carbocycles. The van der Waals surface area contributed by atoms with E-state index in [9.17, 15) is 22.4 Å². The van der Waals surface area contributed by atoms with Crippen LogP contribution < -0.4 is 15.1 Å². The number of piperazine rings is 1. The van der Waals surface area contributed by atoms with E-state index < -0.39 is 17.7 Å². The SMILES string of the molecule is O=C(NCC1CCCO1)C1Cc2cc(C(F)(F)F)ccc2N2CCN(c3ccccc3F)CC12. The normalized spacial score (nSPS) is 24.5. The Bertz CT molecular complexity index is 1050. The van der Waals surface area contributed by atoms with Crippen molar-refractivity contribution in [1.82, 2.24) is 5.32 Å². The van der Waals surface area contributed by atoms with Gasteiger partial charge in [-0.15, -0.1) is 0 Å². The summed E-state index contributed by atoms with van der Waals surface area (Å²) in [6.07, 6.45) is -2.46. The van der Waals surface area contributed by atoms with Gasteiger partial charge in [-0.05, 0) is 55.2 Å². The molecule has 0 spiro atoms. The Balaban J connectivity index is 1.44. The fraction of sp³-hybridized carbons (Fsp3) is 0.480. The second-order valence-electron chi connectivity index (χ2n) is 9.19. The van der Waals surface area contributed by atoms with E-state index in [1.165, 1.54) is 12.1 Å². The average Bonchev–Trinajstić information content (AvgIpc) is 3.35. The van der Waals surface area contributed by atoms with Gasteiger partial charge in [0.25, 0.3) is 0 Å². The highest BCUT2D eigenvalue weighted by molar-refractivity contribution is 5.82. The van der Waals surface area contributed by atoms with Crippen LogP contribution in [0.3, 0.4) is 0 Å². The number of carbonyl (C=O) groups is 1. The van der Waals surface area contributed by atoms with Crippen LogP contribution in [0.1, 0.15) is 24.0 Å². The summed E-state index contributed by atoms with van der Waals surface area (Å²) in [5, 5.41) is 2.96. The summed E-state index contributed by atoms with van der Waals surface area (Å²) in [7, 11) is 0. The van der Waals surface area contributed by atoms with Crippen LogP contribution in [0, 0.1) is 11.7 Å². The summed E-state index contributed by atoms with van der Waals surface area (Å²) in [5.41, 5.74) is 0.990. The lowest BCUT2D eigenvalue weighted by molar-refractivity contribution is -0.137. The van der Waals surface area contributed by atoms with Crippen LogP contribution in [0.5, 0.6) is 0 Å². The second-order valence-corrected chi connectivity index (χ2v) is 9.19. The van der Waals surface area contributed by atoms with Gasteiger partial charge in [-0.2, -0.15) is 13.2 Å². The van der Waals surface area contributed by atoms with Gasteiger partial charge in [0.2, 0.25) is 5.91 Å². The third-order valence-corrected chi connectivity index (χ3v) is 7.10. The molecule has 182 valence electrons. The molecule has 3 unspecified atom stereocenters. The molecule has 3 aliphatic rings. The Morgan fingerprint density at radius 2 is 1.94 bits per heavy atom. The molecular weight excluding hydrogens is 450 g/mol. The lowest BCUT2D eigenvalue weighted by atomic mass is 9.82. The average molecular weight is 478 g/mol.